The third-order valence-electron chi connectivity index (χ3n) is 2.49. The Morgan fingerprint density at radius 3 is 2.42 bits per heavy atom. The lowest BCUT2D eigenvalue weighted by atomic mass is 10.1. The molecule has 0 atom stereocenters. The molecular formula is C12H11IN2O4. The van der Waals surface area contributed by atoms with Gasteiger partial charge in [-0.25, -0.2) is 4.79 Å². The predicted octanol–water partition coefficient (Wildman–Crippen LogP) is 1.49. The molecule has 1 heterocycles. The topological polar surface area (TPSA) is 76.7 Å². The van der Waals surface area contributed by atoms with E-state index in [9.17, 15) is 9.59 Å². The predicted molar refractivity (Wildman–Crippen MR) is 76.9 cm³/mol. The lowest BCUT2D eigenvalue weighted by Gasteiger charge is -2.10. The van der Waals surface area contributed by atoms with Gasteiger partial charge in [-0.2, -0.15) is 0 Å². The summed E-state index contributed by atoms with van der Waals surface area (Å²) >= 11 is 2.11. The molecule has 1 fully saturated rings. The number of carbonyl (C=O) groups is 2. The van der Waals surface area contributed by atoms with Crippen molar-refractivity contribution in [3.05, 3.63) is 27.0 Å². The SMILES string of the molecule is COc1cc(/C=C2/NC(=O)NC2=O)cc(I)c1OC. The van der Waals surface area contributed by atoms with Gasteiger partial charge in [0.1, 0.15) is 5.70 Å². The van der Waals surface area contributed by atoms with Crippen LogP contribution < -0.4 is 20.1 Å². The number of urea groups is 1. The molecule has 1 aliphatic heterocycles. The zero-order chi connectivity index (χ0) is 14.0. The van der Waals surface area contributed by atoms with Gasteiger partial charge in [-0.3, -0.25) is 10.1 Å². The standard InChI is InChI=1S/C12H11IN2O4/c1-18-9-5-6(3-7(13)10(9)19-2)4-8-11(16)15-12(17)14-8/h3-5H,1-2H3,(H2,14,15,16,17)/b8-4+. The van der Waals surface area contributed by atoms with Crippen LogP contribution in [0, 0.1) is 3.57 Å². The summed E-state index contributed by atoms with van der Waals surface area (Å²) in [7, 11) is 3.09. The minimum absolute atomic E-state index is 0.202. The maximum atomic E-state index is 11.4. The van der Waals surface area contributed by atoms with Crippen LogP contribution in [0.5, 0.6) is 11.5 Å². The third-order valence-corrected chi connectivity index (χ3v) is 3.29. The van der Waals surface area contributed by atoms with Crippen LogP contribution in [0.2, 0.25) is 0 Å². The molecule has 0 aliphatic carbocycles. The van der Waals surface area contributed by atoms with Crippen LogP contribution in [-0.2, 0) is 4.79 Å². The molecule has 0 aromatic heterocycles. The fraction of sp³-hybridized carbons (Fsp3) is 0.167. The molecule has 1 saturated heterocycles. The molecule has 6 nitrogen and oxygen atoms in total. The Bertz CT molecular complexity index is 583. The second-order valence-corrected chi connectivity index (χ2v) is 4.87. The summed E-state index contributed by atoms with van der Waals surface area (Å²) in [5.74, 6) is 0.742. The number of methoxy groups -OCH3 is 2. The number of amides is 3. The van der Waals surface area contributed by atoms with Crippen molar-refractivity contribution >= 4 is 40.6 Å². The molecule has 0 unspecified atom stereocenters. The summed E-state index contributed by atoms with van der Waals surface area (Å²) in [4.78, 5) is 22.4. The van der Waals surface area contributed by atoms with Crippen molar-refractivity contribution in [3.63, 3.8) is 0 Å². The van der Waals surface area contributed by atoms with Crippen molar-refractivity contribution in [2.75, 3.05) is 14.2 Å². The summed E-state index contributed by atoms with van der Waals surface area (Å²) in [5, 5.41) is 4.56. The molecule has 1 aliphatic rings. The van der Waals surface area contributed by atoms with Gasteiger partial charge in [-0.1, -0.05) is 0 Å². The first-order chi connectivity index (χ1) is 9.05. The van der Waals surface area contributed by atoms with Gasteiger partial charge in [0.05, 0.1) is 17.8 Å². The highest BCUT2D eigenvalue weighted by Crippen LogP contribution is 2.34. The maximum Gasteiger partial charge on any atom is 0.326 e. The van der Waals surface area contributed by atoms with Crippen LogP contribution >= 0.6 is 22.6 Å². The summed E-state index contributed by atoms with van der Waals surface area (Å²) in [6, 6.07) is 3.03. The van der Waals surface area contributed by atoms with Crippen LogP contribution in [0.3, 0.4) is 0 Å². The molecule has 7 heteroatoms. The molecule has 0 saturated carbocycles. The molecular weight excluding hydrogens is 363 g/mol. The lowest BCUT2D eigenvalue weighted by Crippen LogP contribution is -2.22. The van der Waals surface area contributed by atoms with Gasteiger partial charge >= 0.3 is 6.03 Å². The average molecular weight is 374 g/mol. The minimum atomic E-state index is -0.522. The van der Waals surface area contributed by atoms with Gasteiger partial charge in [0, 0.05) is 0 Å². The van der Waals surface area contributed by atoms with E-state index in [-0.39, 0.29) is 5.70 Å². The first kappa shape index (κ1) is 13.7. The van der Waals surface area contributed by atoms with E-state index in [1.54, 1.807) is 19.3 Å². The Balaban J connectivity index is 2.42. The van der Waals surface area contributed by atoms with E-state index in [0.29, 0.717) is 11.5 Å². The number of imide groups is 1. The second kappa shape index (κ2) is 5.47. The molecule has 2 N–H and O–H groups in total. The van der Waals surface area contributed by atoms with Gasteiger partial charge < -0.3 is 14.8 Å². The average Bonchev–Trinajstić information content (AvgIpc) is 2.67. The molecule has 0 bridgehead atoms. The Hall–Kier alpha value is -1.77. The number of nitrogens with one attached hydrogen (secondary N) is 2. The number of hydrogen-bond acceptors (Lipinski definition) is 4. The molecule has 2 rings (SSSR count). The second-order valence-electron chi connectivity index (χ2n) is 3.70. The Kier molecular flexibility index (Phi) is 3.93. The van der Waals surface area contributed by atoms with Crippen molar-refractivity contribution < 1.29 is 19.1 Å². The van der Waals surface area contributed by atoms with Crippen LogP contribution in [-0.4, -0.2) is 26.2 Å². The number of hydrogen-bond donors (Lipinski definition) is 2. The zero-order valence-electron chi connectivity index (χ0n) is 10.2. The quantitative estimate of drug-likeness (QED) is 0.478. The highest BCUT2D eigenvalue weighted by atomic mass is 127. The monoisotopic (exact) mass is 374 g/mol. The summed E-state index contributed by atoms with van der Waals surface area (Å²) in [5.41, 5.74) is 0.933. The van der Waals surface area contributed by atoms with Gasteiger partial charge in [0.15, 0.2) is 11.5 Å². The van der Waals surface area contributed by atoms with Crippen molar-refractivity contribution in [2.45, 2.75) is 0 Å². The van der Waals surface area contributed by atoms with Gasteiger partial charge in [-0.05, 0) is 46.4 Å². The van der Waals surface area contributed by atoms with Crippen LogP contribution in [0.25, 0.3) is 6.08 Å². The lowest BCUT2D eigenvalue weighted by molar-refractivity contribution is -0.115. The molecule has 1 aromatic rings. The summed E-state index contributed by atoms with van der Waals surface area (Å²) in [6.45, 7) is 0. The number of ether oxygens (including phenoxy) is 2. The van der Waals surface area contributed by atoms with Crippen LogP contribution in [0.1, 0.15) is 5.56 Å². The smallest absolute Gasteiger partial charge is 0.326 e. The van der Waals surface area contributed by atoms with Gasteiger partial charge in [0.2, 0.25) is 0 Å². The molecule has 3 amide bonds. The summed E-state index contributed by atoms with van der Waals surface area (Å²) in [6.07, 6.45) is 1.57. The number of carbonyl (C=O) groups excluding carboxylic acids is 2. The van der Waals surface area contributed by atoms with Gasteiger partial charge in [-0.15, -0.1) is 0 Å². The van der Waals surface area contributed by atoms with Crippen molar-refractivity contribution in [3.8, 4) is 11.5 Å². The highest BCUT2D eigenvalue weighted by Gasteiger charge is 2.23. The third kappa shape index (κ3) is 2.80. The highest BCUT2D eigenvalue weighted by molar-refractivity contribution is 14.1. The van der Waals surface area contributed by atoms with E-state index in [4.69, 9.17) is 9.47 Å². The van der Waals surface area contributed by atoms with Crippen LogP contribution in [0.4, 0.5) is 4.79 Å². The number of rotatable bonds is 3. The Morgan fingerprint density at radius 2 is 1.89 bits per heavy atom. The first-order valence-corrected chi connectivity index (χ1v) is 6.38. The van der Waals surface area contributed by atoms with E-state index >= 15 is 0 Å². The number of benzene rings is 1. The van der Waals surface area contributed by atoms with E-state index in [1.807, 2.05) is 6.07 Å². The van der Waals surface area contributed by atoms with E-state index in [1.165, 1.54) is 7.11 Å². The molecule has 19 heavy (non-hydrogen) atoms. The van der Waals surface area contributed by atoms with E-state index in [0.717, 1.165) is 9.13 Å². The molecule has 0 spiro atoms. The molecule has 0 radical (unpaired) electrons. The van der Waals surface area contributed by atoms with Crippen molar-refractivity contribution in [2.24, 2.45) is 0 Å². The Labute approximate surface area is 123 Å². The van der Waals surface area contributed by atoms with Crippen molar-refractivity contribution in [1.82, 2.24) is 10.6 Å². The summed E-state index contributed by atoms with van der Waals surface area (Å²) < 4.78 is 11.3. The fourth-order valence-corrected chi connectivity index (χ4v) is 2.52. The maximum absolute atomic E-state index is 11.4. The van der Waals surface area contributed by atoms with Crippen LogP contribution in [0.15, 0.2) is 17.8 Å². The fourth-order valence-electron chi connectivity index (χ4n) is 1.67. The van der Waals surface area contributed by atoms with E-state index in [2.05, 4.69) is 33.2 Å². The van der Waals surface area contributed by atoms with Crippen molar-refractivity contribution in [1.29, 1.82) is 0 Å². The normalized spacial score (nSPS) is 16.3. The van der Waals surface area contributed by atoms with Gasteiger partial charge in [0.25, 0.3) is 5.91 Å². The number of halogens is 1. The zero-order valence-corrected chi connectivity index (χ0v) is 12.4. The largest absolute Gasteiger partial charge is 0.493 e. The Morgan fingerprint density at radius 1 is 1.16 bits per heavy atom. The molecule has 100 valence electrons. The molecule has 1 aromatic carbocycles. The minimum Gasteiger partial charge on any atom is -0.493 e. The first-order valence-electron chi connectivity index (χ1n) is 5.30. The van der Waals surface area contributed by atoms with E-state index < -0.39 is 11.9 Å².